The first-order valence-corrected chi connectivity index (χ1v) is 7.99. The number of hydrogen-bond acceptors (Lipinski definition) is 6. The van der Waals surface area contributed by atoms with Gasteiger partial charge in [0.2, 0.25) is 0 Å². The largest absolute Gasteiger partial charge is 0.394 e. The molecule has 0 radical (unpaired) electrons. The summed E-state index contributed by atoms with van der Waals surface area (Å²) in [6.07, 6.45) is 3.26. The average Bonchev–Trinajstić information content (AvgIpc) is 2.92. The quantitative estimate of drug-likeness (QED) is 0.656. The summed E-state index contributed by atoms with van der Waals surface area (Å²) in [6, 6.07) is 0. The molecule has 2 aliphatic heterocycles. The molecule has 2 rings (SSSR count). The van der Waals surface area contributed by atoms with E-state index in [-0.39, 0.29) is 12.9 Å². The fraction of sp³-hybridized carbons (Fsp3) is 1.00. The van der Waals surface area contributed by atoms with Crippen molar-refractivity contribution in [2.45, 2.75) is 82.4 Å². The van der Waals surface area contributed by atoms with Crippen molar-refractivity contribution in [1.82, 2.24) is 0 Å². The molecule has 0 saturated carbocycles. The van der Waals surface area contributed by atoms with Crippen LogP contribution < -0.4 is 0 Å². The average molecular weight is 304 g/mol. The van der Waals surface area contributed by atoms with E-state index in [0.29, 0.717) is 0 Å². The van der Waals surface area contributed by atoms with Gasteiger partial charge in [0.15, 0.2) is 12.6 Å². The maximum atomic E-state index is 10.2. The Hall–Kier alpha value is -0.240. The number of unbranched alkanes of at least 4 members (excludes halogenated alkanes) is 4. The van der Waals surface area contributed by atoms with Crippen LogP contribution in [0, 0.1) is 0 Å². The van der Waals surface area contributed by atoms with Crippen molar-refractivity contribution in [3.05, 3.63) is 0 Å². The number of hydrogen-bond donors (Lipinski definition) is 2. The molecule has 2 fully saturated rings. The van der Waals surface area contributed by atoms with Gasteiger partial charge >= 0.3 is 0 Å². The van der Waals surface area contributed by atoms with Crippen LogP contribution in [-0.2, 0) is 18.9 Å². The molecule has 0 bridgehead atoms. The summed E-state index contributed by atoms with van der Waals surface area (Å²) in [4.78, 5) is 0. The molecule has 124 valence electrons. The van der Waals surface area contributed by atoms with Crippen LogP contribution in [0.3, 0.4) is 0 Å². The first-order chi connectivity index (χ1) is 10.2. The Balaban J connectivity index is 1.82. The van der Waals surface area contributed by atoms with Gasteiger partial charge in [-0.2, -0.15) is 0 Å². The molecule has 0 aliphatic carbocycles. The lowest BCUT2D eigenvalue weighted by Gasteiger charge is -2.38. The first-order valence-electron chi connectivity index (χ1n) is 7.99. The van der Waals surface area contributed by atoms with Crippen LogP contribution >= 0.6 is 0 Å². The molecule has 6 nitrogen and oxygen atoms in total. The van der Waals surface area contributed by atoms with Gasteiger partial charge in [-0.25, -0.2) is 0 Å². The summed E-state index contributed by atoms with van der Waals surface area (Å²) in [5.74, 6) is 0. The third kappa shape index (κ3) is 4.15. The van der Waals surface area contributed by atoms with Gasteiger partial charge in [0.1, 0.15) is 24.4 Å². The van der Waals surface area contributed by atoms with Gasteiger partial charge in [0.05, 0.1) is 6.61 Å². The monoisotopic (exact) mass is 304 g/mol. The molecule has 21 heavy (non-hydrogen) atoms. The van der Waals surface area contributed by atoms with Crippen LogP contribution in [0.1, 0.15) is 45.4 Å². The SMILES string of the molecule is CCCCCCCC1O[C@@H]2[C@@H](O)[C@@H](OC)O[C@H](CO)[C@@H]2O1. The van der Waals surface area contributed by atoms with Crippen LogP contribution in [0.15, 0.2) is 0 Å². The van der Waals surface area contributed by atoms with Crippen LogP contribution in [0.5, 0.6) is 0 Å². The lowest BCUT2D eigenvalue weighted by atomic mass is 9.99. The Morgan fingerprint density at radius 2 is 1.71 bits per heavy atom. The highest BCUT2D eigenvalue weighted by atomic mass is 16.8. The van der Waals surface area contributed by atoms with Gasteiger partial charge in [-0.1, -0.05) is 32.6 Å². The number of aliphatic hydroxyl groups excluding tert-OH is 2. The minimum Gasteiger partial charge on any atom is -0.394 e. The van der Waals surface area contributed by atoms with Gasteiger partial charge in [0.25, 0.3) is 0 Å². The van der Waals surface area contributed by atoms with Crippen LogP contribution in [-0.4, -0.2) is 60.9 Å². The summed E-state index contributed by atoms with van der Waals surface area (Å²) < 4.78 is 22.2. The Labute approximate surface area is 126 Å². The third-order valence-electron chi connectivity index (χ3n) is 4.19. The summed E-state index contributed by atoms with van der Waals surface area (Å²) in [5, 5.41) is 19.6. The van der Waals surface area contributed by atoms with Crippen molar-refractivity contribution in [3.8, 4) is 0 Å². The number of aliphatic hydroxyl groups is 2. The highest BCUT2D eigenvalue weighted by Crippen LogP contribution is 2.34. The predicted octanol–water partition coefficient (Wildman–Crippen LogP) is 1.18. The van der Waals surface area contributed by atoms with Crippen molar-refractivity contribution in [2.24, 2.45) is 0 Å². The Bertz CT molecular complexity index is 300. The predicted molar refractivity (Wildman–Crippen MR) is 75.7 cm³/mol. The normalized spacial score (nSPS) is 39.4. The molecule has 0 aromatic carbocycles. The van der Waals surface area contributed by atoms with E-state index < -0.39 is 30.7 Å². The molecule has 2 aliphatic rings. The summed E-state index contributed by atoms with van der Waals surface area (Å²) >= 11 is 0. The summed E-state index contributed by atoms with van der Waals surface area (Å²) in [7, 11) is 1.46. The van der Waals surface area contributed by atoms with Gasteiger partial charge in [-0.3, -0.25) is 0 Å². The minimum absolute atomic E-state index is 0.180. The van der Waals surface area contributed by atoms with E-state index in [9.17, 15) is 10.2 Å². The molecule has 0 aromatic heterocycles. The fourth-order valence-electron chi connectivity index (χ4n) is 2.99. The van der Waals surface area contributed by atoms with Gasteiger partial charge in [-0.05, 0) is 12.8 Å². The van der Waals surface area contributed by atoms with Crippen LogP contribution in [0.25, 0.3) is 0 Å². The minimum atomic E-state index is -0.895. The second-order valence-corrected chi connectivity index (χ2v) is 5.79. The molecule has 6 atom stereocenters. The molecule has 0 aromatic rings. The van der Waals surface area contributed by atoms with Crippen LogP contribution in [0.2, 0.25) is 0 Å². The number of fused-ring (bicyclic) bond motifs is 1. The number of methoxy groups -OCH3 is 1. The summed E-state index contributed by atoms with van der Waals surface area (Å²) in [5.41, 5.74) is 0. The van der Waals surface area contributed by atoms with Crippen molar-refractivity contribution < 1.29 is 29.2 Å². The van der Waals surface area contributed by atoms with E-state index >= 15 is 0 Å². The molecule has 0 amide bonds. The molecular formula is C15H28O6. The van der Waals surface area contributed by atoms with Crippen molar-refractivity contribution in [1.29, 1.82) is 0 Å². The van der Waals surface area contributed by atoms with E-state index in [1.165, 1.54) is 26.4 Å². The van der Waals surface area contributed by atoms with Crippen molar-refractivity contribution >= 4 is 0 Å². The zero-order valence-electron chi connectivity index (χ0n) is 12.9. The standard InChI is InChI=1S/C15H28O6/c1-3-4-5-6-7-8-11-20-13-10(9-16)19-15(18-2)12(17)14(13)21-11/h10-17H,3-9H2,1-2H3/t10-,11?,12-,13+,14-,15+/m1/s1. The topological polar surface area (TPSA) is 77.4 Å². The molecule has 0 spiro atoms. The van der Waals surface area contributed by atoms with Crippen molar-refractivity contribution in [2.75, 3.05) is 13.7 Å². The van der Waals surface area contributed by atoms with Gasteiger partial charge in [-0.15, -0.1) is 0 Å². The van der Waals surface area contributed by atoms with E-state index in [1.54, 1.807) is 0 Å². The zero-order valence-corrected chi connectivity index (χ0v) is 12.9. The molecular weight excluding hydrogens is 276 g/mol. The highest BCUT2D eigenvalue weighted by Gasteiger charge is 2.52. The van der Waals surface area contributed by atoms with Crippen LogP contribution in [0.4, 0.5) is 0 Å². The highest BCUT2D eigenvalue weighted by molar-refractivity contribution is 4.94. The summed E-state index contributed by atoms with van der Waals surface area (Å²) in [6.45, 7) is 2.01. The first kappa shape index (κ1) is 17.1. The van der Waals surface area contributed by atoms with E-state index in [0.717, 1.165) is 19.3 Å². The Morgan fingerprint density at radius 1 is 1.00 bits per heavy atom. The van der Waals surface area contributed by atoms with Crippen molar-refractivity contribution in [3.63, 3.8) is 0 Å². The second kappa shape index (κ2) is 8.41. The number of rotatable bonds is 8. The number of ether oxygens (including phenoxy) is 4. The smallest absolute Gasteiger partial charge is 0.186 e. The van der Waals surface area contributed by atoms with E-state index in [2.05, 4.69) is 6.92 Å². The maximum Gasteiger partial charge on any atom is 0.186 e. The lowest BCUT2D eigenvalue weighted by Crippen LogP contribution is -2.57. The lowest BCUT2D eigenvalue weighted by molar-refractivity contribution is -0.274. The van der Waals surface area contributed by atoms with Gasteiger partial charge < -0.3 is 29.2 Å². The molecule has 6 heteroatoms. The Morgan fingerprint density at radius 3 is 2.38 bits per heavy atom. The Kier molecular flexibility index (Phi) is 6.85. The molecule has 1 unspecified atom stereocenters. The van der Waals surface area contributed by atoms with E-state index in [4.69, 9.17) is 18.9 Å². The zero-order chi connectivity index (χ0) is 15.2. The molecule has 2 heterocycles. The maximum absolute atomic E-state index is 10.2. The fourth-order valence-corrected chi connectivity index (χ4v) is 2.99. The molecule has 2 saturated heterocycles. The third-order valence-corrected chi connectivity index (χ3v) is 4.19. The molecule has 2 N–H and O–H groups in total. The second-order valence-electron chi connectivity index (χ2n) is 5.79. The van der Waals surface area contributed by atoms with Gasteiger partial charge in [0, 0.05) is 7.11 Å². The van der Waals surface area contributed by atoms with E-state index in [1.807, 2.05) is 0 Å².